The number of pyridine rings is 1. The number of carbonyl (C=O) groups excluding carboxylic acids is 1. The smallest absolute Gasteiger partial charge is 0.357 e. The summed E-state index contributed by atoms with van der Waals surface area (Å²) in [5.74, 6) is -0.610. The number of ether oxygens (including phenoxy) is 1. The van der Waals surface area contributed by atoms with E-state index in [-0.39, 0.29) is 10.6 Å². The Labute approximate surface area is 133 Å². The minimum atomic E-state index is -3.75. The Morgan fingerprint density at radius 1 is 1.13 bits per heavy atom. The molecule has 3 rings (SSSR count). The van der Waals surface area contributed by atoms with Crippen LogP contribution in [-0.2, 0) is 14.8 Å². The van der Waals surface area contributed by atoms with Crippen LogP contribution in [0.1, 0.15) is 16.1 Å². The monoisotopic (exact) mass is 330 g/mol. The van der Waals surface area contributed by atoms with Gasteiger partial charge < -0.3 is 4.74 Å². The summed E-state index contributed by atoms with van der Waals surface area (Å²) in [6.07, 6.45) is 2.80. The third kappa shape index (κ3) is 2.49. The van der Waals surface area contributed by atoms with Crippen LogP contribution in [0.25, 0.3) is 10.9 Å². The number of aromatic nitrogens is 2. The maximum atomic E-state index is 12.8. The molecule has 0 radical (unpaired) electrons. The lowest BCUT2D eigenvalue weighted by molar-refractivity contribution is 0.0596. The van der Waals surface area contributed by atoms with Crippen LogP contribution in [0.15, 0.2) is 53.7 Å². The van der Waals surface area contributed by atoms with Gasteiger partial charge in [-0.05, 0) is 31.2 Å². The lowest BCUT2D eigenvalue weighted by Gasteiger charge is -2.08. The molecule has 118 valence electrons. The van der Waals surface area contributed by atoms with Crippen molar-refractivity contribution in [3.63, 3.8) is 0 Å². The zero-order chi connectivity index (χ0) is 16.6. The molecular weight excluding hydrogens is 316 g/mol. The second-order valence-corrected chi connectivity index (χ2v) is 6.83. The van der Waals surface area contributed by atoms with E-state index in [2.05, 4.69) is 9.72 Å². The van der Waals surface area contributed by atoms with Gasteiger partial charge in [0.05, 0.1) is 17.5 Å². The molecule has 0 fully saturated rings. The van der Waals surface area contributed by atoms with Gasteiger partial charge in [-0.1, -0.05) is 17.7 Å². The van der Waals surface area contributed by atoms with E-state index in [1.165, 1.54) is 19.5 Å². The molecule has 2 aromatic heterocycles. The molecule has 6 nitrogen and oxygen atoms in total. The average Bonchev–Trinajstić information content (AvgIpc) is 2.99. The largest absolute Gasteiger partial charge is 0.464 e. The van der Waals surface area contributed by atoms with Crippen molar-refractivity contribution >= 4 is 26.9 Å². The summed E-state index contributed by atoms with van der Waals surface area (Å²) in [6.45, 7) is 1.88. The Kier molecular flexibility index (Phi) is 3.65. The number of fused-ring (bicyclic) bond motifs is 1. The number of benzene rings is 1. The van der Waals surface area contributed by atoms with Crippen molar-refractivity contribution in [2.75, 3.05) is 7.11 Å². The van der Waals surface area contributed by atoms with Crippen molar-refractivity contribution in [3.05, 3.63) is 60.0 Å². The van der Waals surface area contributed by atoms with E-state index in [0.29, 0.717) is 10.9 Å². The van der Waals surface area contributed by atoms with Crippen LogP contribution < -0.4 is 0 Å². The summed E-state index contributed by atoms with van der Waals surface area (Å²) in [6, 6.07) is 9.67. The van der Waals surface area contributed by atoms with Gasteiger partial charge in [-0.25, -0.2) is 22.2 Å². The van der Waals surface area contributed by atoms with Crippen LogP contribution in [-0.4, -0.2) is 30.5 Å². The van der Waals surface area contributed by atoms with Gasteiger partial charge in [0, 0.05) is 17.8 Å². The maximum Gasteiger partial charge on any atom is 0.357 e. The van der Waals surface area contributed by atoms with Crippen molar-refractivity contribution in [1.29, 1.82) is 0 Å². The highest BCUT2D eigenvalue weighted by Gasteiger charge is 2.21. The van der Waals surface area contributed by atoms with E-state index in [1.807, 2.05) is 6.92 Å². The summed E-state index contributed by atoms with van der Waals surface area (Å²) in [5.41, 5.74) is 1.43. The van der Waals surface area contributed by atoms with Gasteiger partial charge in [-0.15, -0.1) is 0 Å². The fraction of sp³-hybridized carbons (Fsp3) is 0.125. The fourth-order valence-corrected chi connectivity index (χ4v) is 3.68. The van der Waals surface area contributed by atoms with E-state index in [1.54, 1.807) is 36.4 Å². The standard InChI is InChI=1S/C16H14N2O4S/c1-11-3-5-12(6-4-11)23(20,21)18-10-8-13-14(18)7-9-17-15(13)16(19)22-2/h3-10H,1-2H3. The van der Waals surface area contributed by atoms with Gasteiger partial charge >= 0.3 is 5.97 Å². The molecular formula is C16H14N2O4S. The third-order valence-corrected chi connectivity index (χ3v) is 5.24. The predicted octanol–water partition coefficient (Wildman–Crippen LogP) is 2.37. The van der Waals surface area contributed by atoms with Crippen molar-refractivity contribution < 1.29 is 17.9 Å². The molecule has 2 heterocycles. The molecule has 0 spiro atoms. The first-order valence-corrected chi connectivity index (χ1v) is 8.26. The van der Waals surface area contributed by atoms with Crippen LogP contribution in [0.2, 0.25) is 0 Å². The molecule has 1 aromatic carbocycles. The van der Waals surface area contributed by atoms with Gasteiger partial charge in [0.2, 0.25) is 0 Å². The van der Waals surface area contributed by atoms with E-state index in [9.17, 15) is 13.2 Å². The van der Waals surface area contributed by atoms with E-state index in [4.69, 9.17) is 0 Å². The number of hydrogen-bond acceptors (Lipinski definition) is 5. The van der Waals surface area contributed by atoms with Crippen molar-refractivity contribution in [1.82, 2.24) is 8.96 Å². The highest BCUT2D eigenvalue weighted by atomic mass is 32.2. The topological polar surface area (TPSA) is 78.3 Å². The van der Waals surface area contributed by atoms with Gasteiger partial charge in [-0.3, -0.25) is 0 Å². The van der Waals surface area contributed by atoms with E-state index >= 15 is 0 Å². The summed E-state index contributed by atoms with van der Waals surface area (Å²) >= 11 is 0. The summed E-state index contributed by atoms with van der Waals surface area (Å²) in [4.78, 5) is 15.9. The molecule has 0 aliphatic heterocycles. The first-order valence-electron chi connectivity index (χ1n) is 6.82. The SMILES string of the molecule is COC(=O)c1nccc2c1ccn2S(=O)(=O)c1ccc(C)cc1. The van der Waals surface area contributed by atoms with Gasteiger partial charge in [0.15, 0.2) is 5.69 Å². The molecule has 0 atom stereocenters. The first kappa shape index (κ1) is 15.2. The molecule has 0 amide bonds. The first-order chi connectivity index (χ1) is 10.9. The lowest BCUT2D eigenvalue weighted by Crippen LogP contribution is -2.12. The van der Waals surface area contributed by atoms with Gasteiger partial charge in [0.25, 0.3) is 10.0 Å². The molecule has 0 saturated heterocycles. The Morgan fingerprint density at radius 2 is 1.83 bits per heavy atom. The number of hydrogen-bond donors (Lipinski definition) is 0. The lowest BCUT2D eigenvalue weighted by atomic mass is 10.2. The van der Waals surface area contributed by atoms with E-state index < -0.39 is 16.0 Å². The van der Waals surface area contributed by atoms with Crippen molar-refractivity contribution in [2.24, 2.45) is 0 Å². The molecule has 3 aromatic rings. The third-order valence-electron chi connectivity index (χ3n) is 3.54. The second kappa shape index (κ2) is 5.51. The number of rotatable bonds is 3. The van der Waals surface area contributed by atoms with Crippen LogP contribution in [0, 0.1) is 6.92 Å². The number of methoxy groups -OCH3 is 1. The van der Waals surface area contributed by atoms with Crippen molar-refractivity contribution in [2.45, 2.75) is 11.8 Å². The Bertz CT molecular complexity index is 989. The Hall–Kier alpha value is -2.67. The van der Waals surface area contributed by atoms with Gasteiger partial charge in [0.1, 0.15) is 0 Å². The van der Waals surface area contributed by atoms with Crippen LogP contribution in [0.4, 0.5) is 0 Å². The Morgan fingerprint density at radius 3 is 2.48 bits per heavy atom. The number of carbonyl (C=O) groups is 1. The highest BCUT2D eigenvalue weighted by Crippen LogP contribution is 2.24. The highest BCUT2D eigenvalue weighted by molar-refractivity contribution is 7.90. The zero-order valence-electron chi connectivity index (χ0n) is 12.6. The molecule has 0 unspecified atom stereocenters. The van der Waals surface area contributed by atoms with Crippen LogP contribution in [0.5, 0.6) is 0 Å². The zero-order valence-corrected chi connectivity index (χ0v) is 13.4. The second-order valence-electron chi connectivity index (χ2n) is 5.01. The summed E-state index contributed by atoms with van der Waals surface area (Å²) in [7, 11) is -2.50. The molecule has 0 N–H and O–H groups in total. The van der Waals surface area contributed by atoms with Crippen molar-refractivity contribution in [3.8, 4) is 0 Å². The quantitative estimate of drug-likeness (QED) is 0.689. The molecule has 0 bridgehead atoms. The average molecular weight is 330 g/mol. The summed E-state index contributed by atoms with van der Waals surface area (Å²) < 4.78 is 31.4. The summed E-state index contributed by atoms with van der Waals surface area (Å²) in [5, 5.41) is 0.426. The minimum absolute atomic E-state index is 0.0860. The Balaban J connectivity index is 2.21. The molecule has 0 saturated carbocycles. The molecule has 23 heavy (non-hydrogen) atoms. The number of aryl methyl sites for hydroxylation is 1. The number of esters is 1. The normalized spacial score (nSPS) is 11.6. The van der Waals surface area contributed by atoms with E-state index in [0.717, 1.165) is 9.54 Å². The van der Waals surface area contributed by atoms with Gasteiger partial charge in [-0.2, -0.15) is 0 Å². The maximum absolute atomic E-state index is 12.8. The fourth-order valence-electron chi connectivity index (χ4n) is 2.33. The predicted molar refractivity (Wildman–Crippen MR) is 84.8 cm³/mol. The molecule has 7 heteroatoms. The minimum Gasteiger partial charge on any atom is -0.464 e. The molecule has 0 aliphatic carbocycles. The van der Waals surface area contributed by atoms with Crippen LogP contribution >= 0.6 is 0 Å². The van der Waals surface area contributed by atoms with Crippen LogP contribution in [0.3, 0.4) is 0 Å². The molecule has 0 aliphatic rings. The number of nitrogens with zero attached hydrogens (tertiary/aromatic N) is 2.